The number of benzene rings is 1. The van der Waals surface area contributed by atoms with Gasteiger partial charge in [-0.1, -0.05) is 6.07 Å². The summed E-state index contributed by atoms with van der Waals surface area (Å²) in [5.74, 6) is 1.21. The molecule has 0 N–H and O–H groups in total. The number of nitrogens with zero attached hydrogens (tertiary/aromatic N) is 2. The van der Waals surface area contributed by atoms with E-state index in [9.17, 15) is 13.2 Å². The fourth-order valence-electron chi connectivity index (χ4n) is 4.16. The molecule has 2 heterocycles. The van der Waals surface area contributed by atoms with Crippen molar-refractivity contribution in [1.29, 1.82) is 0 Å². The van der Waals surface area contributed by atoms with Crippen molar-refractivity contribution in [3.8, 4) is 0 Å². The Morgan fingerprint density at radius 1 is 0.964 bits per heavy atom. The number of hydrogen-bond donors (Lipinski definition) is 0. The second-order valence-corrected chi connectivity index (χ2v) is 9.60. The molecule has 0 spiro atoms. The van der Waals surface area contributed by atoms with Crippen LogP contribution in [0.4, 0.5) is 0 Å². The average molecular weight is 403 g/mol. The number of amides is 1. The maximum Gasteiger partial charge on any atom is 0.257 e. The SMILES string of the molecule is Cc1cc(C(=O)N2CCN(S(=O)(=O)c3ccc4c(c3)CCCC4)CC2)c(C)o1. The minimum Gasteiger partial charge on any atom is -0.466 e. The Morgan fingerprint density at radius 2 is 1.64 bits per heavy atom. The van der Waals surface area contributed by atoms with Gasteiger partial charge in [-0.15, -0.1) is 0 Å². The van der Waals surface area contributed by atoms with Crippen LogP contribution in [0.15, 0.2) is 33.6 Å². The molecule has 1 aliphatic carbocycles. The molecule has 1 aliphatic heterocycles. The molecule has 1 aromatic heterocycles. The minimum absolute atomic E-state index is 0.0971. The molecule has 150 valence electrons. The molecule has 0 bridgehead atoms. The van der Waals surface area contributed by atoms with Crippen LogP contribution in [-0.4, -0.2) is 49.7 Å². The van der Waals surface area contributed by atoms with E-state index >= 15 is 0 Å². The lowest BCUT2D eigenvalue weighted by Gasteiger charge is -2.34. The van der Waals surface area contributed by atoms with Gasteiger partial charge in [0, 0.05) is 26.2 Å². The van der Waals surface area contributed by atoms with Crippen LogP contribution in [0.3, 0.4) is 0 Å². The van der Waals surface area contributed by atoms with Gasteiger partial charge >= 0.3 is 0 Å². The summed E-state index contributed by atoms with van der Waals surface area (Å²) in [5.41, 5.74) is 2.99. The first kappa shape index (κ1) is 19.2. The molecular formula is C21H26N2O4S. The fraction of sp³-hybridized carbons (Fsp3) is 0.476. The highest BCUT2D eigenvalue weighted by Crippen LogP contribution is 2.26. The molecule has 0 saturated carbocycles. The third kappa shape index (κ3) is 3.49. The monoisotopic (exact) mass is 402 g/mol. The maximum absolute atomic E-state index is 13.1. The molecule has 6 nitrogen and oxygen atoms in total. The predicted molar refractivity (Wildman–Crippen MR) is 106 cm³/mol. The Balaban J connectivity index is 1.47. The van der Waals surface area contributed by atoms with Crippen LogP contribution in [0.5, 0.6) is 0 Å². The van der Waals surface area contributed by atoms with Crippen LogP contribution in [-0.2, 0) is 22.9 Å². The smallest absolute Gasteiger partial charge is 0.257 e. The lowest BCUT2D eigenvalue weighted by atomic mass is 9.92. The number of carbonyl (C=O) groups is 1. The van der Waals surface area contributed by atoms with Gasteiger partial charge in [0.15, 0.2) is 0 Å². The van der Waals surface area contributed by atoms with Crippen molar-refractivity contribution in [3.63, 3.8) is 0 Å². The maximum atomic E-state index is 13.1. The van der Waals surface area contributed by atoms with Gasteiger partial charge in [-0.05, 0) is 68.9 Å². The summed E-state index contributed by atoms with van der Waals surface area (Å²) < 4.78 is 33.1. The molecule has 28 heavy (non-hydrogen) atoms. The van der Waals surface area contributed by atoms with Crippen LogP contribution >= 0.6 is 0 Å². The number of fused-ring (bicyclic) bond motifs is 1. The van der Waals surface area contributed by atoms with Gasteiger partial charge < -0.3 is 9.32 Å². The Bertz CT molecular complexity index is 1000. The summed E-state index contributed by atoms with van der Waals surface area (Å²) in [6, 6.07) is 7.28. The lowest BCUT2D eigenvalue weighted by molar-refractivity contribution is 0.0696. The van der Waals surface area contributed by atoms with Gasteiger partial charge in [0.25, 0.3) is 5.91 Å². The summed E-state index contributed by atoms with van der Waals surface area (Å²) in [6.45, 7) is 4.96. The second kappa shape index (κ2) is 7.37. The number of sulfonamides is 1. The third-order valence-corrected chi connectivity index (χ3v) is 7.65. The molecule has 4 rings (SSSR count). The van der Waals surface area contributed by atoms with Gasteiger partial charge in [0.2, 0.25) is 10.0 Å². The van der Waals surface area contributed by atoms with Crippen LogP contribution in [0.25, 0.3) is 0 Å². The van der Waals surface area contributed by atoms with E-state index in [1.807, 2.05) is 19.1 Å². The standard InChI is InChI=1S/C21H26N2O4S/c1-15-13-20(16(2)27-15)21(24)22-9-11-23(12-10-22)28(25,26)19-8-7-17-5-3-4-6-18(17)14-19/h7-8,13-14H,3-6,9-12H2,1-2H3. The van der Waals surface area contributed by atoms with Gasteiger partial charge in [0.1, 0.15) is 11.5 Å². The first-order chi connectivity index (χ1) is 13.4. The zero-order valence-corrected chi connectivity index (χ0v) is 17.2. The number of hydrogen-bond acceptors (Lipinski definition) is 4. The van der Waals surface area contributed by atoms with Crippen molar-refractivity contribution in [3.05, 3.63) is 52.5 Å². The van der Waals surface area contributed by atoms with Crippen molar-refractivity contribution >= 4 is 15.9 Å². The van der Waals surface area contributed by atoms with Gasteiger partial charge in [-0.2, -0.15) is 4.31 Å². The summed E-state index contributed by atoms with van der Waals surface area (Å²) in [7, 11) is -3.54. The van der Waals surface area contributed by atoms with E-state index in [-0.39, 0.29) is 5.91 Å². The van der Waals surface area contributed by atoms with Crippen LogP contribution in [0.1, 0.15) is 45.8 Å². The largest absolute Gasteiger partial charge is 0.466 e. The third-order valence-electron chi connectivity index (χ3n) is 5.75. The van der Waals surface area contributed by atoms with Crippen LogP contribution in [0.2, 0.25) is 0 Å². The molecule has 0 radical (unpaired) electrons. The number of rotatable bonds is 3. The summed E-state index contributed by atoms with van der Waals surface area (Å²) in [5, 5.41) is 0. The van der Waals surface area contributed by atoms with E-state index < -0.39 is 10.0 Å². The molecule has 2 aromatic rings. The van der Waals surface area contributed by atoms with E-state index in [0.29, 0.717) is 48.2 Å². The Morgan fingerprint density at radius 3 is 2.29 bits per heavy atom. The number of aryl methyl sites for hydroxylation is 4. The Hall–Kier alpha value is -2.12. The van der Waals surface area contributed by atoms with Crippen molar-refractivity contribution in [2.75, 3.05) is 26.2 Å². The number of carbonyl (C=O) groups excluding carboxylic acids is 1. The zero-order valence-electron chi connectivity index (χ0n) is 16.4. The first-order valence-corrected chi connectivity index (χ1v) is 11.3. The first-order valence-electron chi connectivity index (χ1n) is 9.84. The summed E-state index contributed by atoms with van der Waals surface area (Å²) in [6.07, 6.45) is 4.27. The van der Waals surface area contributed by atoms with Gasteiger partial charge in [-0.3, -0.25) is 4.79 Å². The fourth-order valence-corrected chi connectivity index (χ4v) is 5.64. The van der Waals surface area contributed by atoms with Crippen molar-refractivity contribution in [1.82, 2.24) is 9.21 Å². The zero-order chi connectivity index (χ0) is 19.9. The highest BCUT2D eigenvalue weighted by Gasteiger charge is 2.31. The predicted octanol–water partition coefficient (Wildman–Crippen LogP) is 2.92. The van der Waals surface area contributed by atoms with E-state index in [1.54, 1.807) is 24.0 Å². The van der Waals surface area contributed by atoms with Crippen LogP contribution in [0, 0.1) is 13.8 Å². The van der Waals surface area contributed by atoms with E-state index in [4.69, 9.17) is 4.42 Å². The second-order valence-electron chi connectivity index (χ2n) is 7.66. The highest BCUT2D eigenvalue weighted by molar-refractivity contribution is 7.89. The topological polar surface area (TPSA) is 70.8 Å². The van der Waals surface area contributed by atoms with Crippen LogP contribution < -0.4 is 0 Å². The highest BCUT2D eigenvalue weighted by atomic mass is 32.2. The molecule has 0 atom stereocenters. The molecule has 1 aromatic carbocycles. The molecule has 1 fully saturated rings. The van der Waals surface area contributed by atoms with E-state index in [0.717, 1.165) is 24.8 Å². The Labute approximate surface area is 166 Å². The van der Waals surface area contributed by atoms with Crippen molar-refractivity contribution in [2.45, 2.75) is 44.4 Å². The normalized spacial score (nSPS) is 18.1. The average Bonchev–Trinajstić information content (AvgIpc) is 3.05. The molecule has 1 saturated heterocycles. The quantitative estimate of drug-likeness (QED) is 0.791. The summed E-state index contributed by atoms with van der Waals surface area (Å²) >= 11 is 0. The minimum atomic E-state index is -3.54. The van der Waals surface area contributed by atoms with Gasteiger partial charge in [-0.25, -0.2) is 8.42 Å². The molecule has 7 heteroatoms. The van der Waals surface area contributed by atoms with Gasteiger partial charge in [0.05, 0.1) is 10.5 Å². The number of furan rings is 1. The number of piperazine rings is 1. The lowest BCUT2D eigenvalue weighted by Crippen LogP contribution is -2.50. The molecule has 2 aliphatic rings. The molecule has 1 amide bonds. The van der Waals surface area contributed by atoms with Crippen molar-refractivity contribution < 1.29 is 17.6 Å². The summed E-state index contributed by atoms with van der Waals surface area (Å²) in [4.78, 5) is 14.8. The van der Waals surface area contributed by atoms with E-state index in [1.165, 1.54) is 16.3 Å². The van der Waals surface area contributed by atoms with Crippen molar-refractivity contribution in [2.24, 2.45) is 0 Å². The molecular weight excluding hydrogens is 376 g/mol. The van der Waals surface area contributed by atoms with E-state index in [2.05, 4.69) is 0 Å². The molecule has 0 unspecified atom stereocenters. The Kier molecular flexibility index (Phi) is 5.05.